The van der Waals surface area contributed by atoms with Crippen LogP contribution in [0.5, 0.6) is 0 Å². The fraction of sp³-hybridized carbons (Fsp3) is 0.500. The van der Waals surface area contributed by atoms with E-state index in [1.807, 2.05) is 6.92 Å². The standard InChI is InChI=1S/C16H20N4O3/c1-11-5-2-3-7-16(11)14(22)20(15(23)19-16)10-13(21)18-12-6-4-8-17-9-12/h4,6,8-9,11H,2-3,5,7,10H2,1H3,(H,18,21)(H,19,23)/t11-,16-/m0/s1. The Bertz CT molecular complexity index is 633. The third-order valence-corrected chi connectivity index (χ3v) is 4.75. The molecule has 7 nitrogen and oxygen atoms in total. The van der Waals surface area contributed by atoms with Crippen LogP contribution in [0.3, 0.4) is 0 Å². The number of hydrogen-bond donors (Lipinski definition) is 2. The summed E-state index contributed by atoms with van der Waals surface area (Å²) >= 11 is 0. The summed E-state index contributed by atoms with van der Waals surface area (Å²) in [6.07, 6.45) is 6.62. The highest BCUT2D eigenvalue weighted by Crippen LogP contribution is 2.38. The number of pyridine rings is 1. The smallest absolute Gasteiger partial charge is 0.323 e. The van der Waals surface area contributed by atoms with E-state index in [-0.39, 0.29) is 18.4 Å². The third kappa shape index (κ3) is 2.78. The molecule has 0 aromatic carbocycles. The van der Waals surface area contributed by atoms with E-state index in [0.29, 0.717) is 12.1 Å². The number of rotatable bonds is 3. The number of urea groups is 1. The number of nitrogens with zero attached hydrogens (tertiary/aromatic N) is 2. The van der Waals surface area contributed by atoms with Gasteiger partial charge in [0.15, 0.2) is 0 Å². The molecule has 122 valence electrons. The van der Waals surface area contributed by atoms with Crippen LogP contribution in [0.2, 0.25) is 0 Å². The van der Waals surface area contributed by atoms with Gasteiger partial charge >= 0.3 is 6.03 Å². The van der Waals surface area contributed by atoms with Gasteiger partial charge in [-0.25, -0.2) is 4.79 Å². The molecule has 2 heterocycles. The zero-order valence-corrected chi connectivity index (χ0v) is 13.0. The van der Waals surface area contributed by atoms with E-state index in [9.17, 15) is 14.4 Å². The van der Waals surface area contributed by atoms with Crippen LogP contribution in [-0.2, 0) is 9.59 Å². The first-order valence-corrected chi connectivity index (χ1v) is 7.87. The first kappa shape index (κ1) is 15.5. The second kappa shape index (κ2) is 5.98. The Hall–Kier alpha value is -2.44. The first-order chi connectivity index (χ1) is 11.0. The third-order valence-electron chi connectivity index (χ3n) is 4.75. The fourth-order valence-corrected chi connectivity index (χ4v) is 3.42. The van der Waals surface area contributed by atoms with Crippen molar-refractivity contribution in [3.8, 4) is 0 Å². The van der Waals surface area contributed by atoms with Crippen molar-refractivity contribution in [2.75, 3.05) is 11.9 Å². The second-order valence-corrected chi connectivity index (χ2v) is 6.23. The molecule has 2 aliphatic rings. The van der Waals surface area contributed by atoms with Crippen LogP contribution in [0, 0.1) is 5.92 Å². The van der Waals surface area contributed by atoms with Gasteiger partial charge in [0.1, 0.15) is 12.1 Å². The van der Waals surface area contributed by atoms with Crippen LogP contribution in [0.15, 0.2) is 24.5 Å². The van der Waals surface area contributed by atoms with Crippen molar-refractivity contribution >= 4 is 23.5 Å². The quantitative estimate of drug-likeness (QED) is 0.827. The van der Waals surface area contributed by atoms with E-state index in [1.54, 1.807) is 18.3 Å². The predicted molar refractivity (Wildman–Crippen MR) is 83.5 cm³/mol. The number of aromatic nitrogens is 1. The summed E-state index contributed by atoms with van der Waals surface area (Å²) in [6, 6.07) is 2.91. The Morgan fingerprint density at radius 3 is 3.00 bits per heavy atom. The number of nitrogens with one attached hydrogen (secondary N) is 2. The van der Waals surface area contributed by atoms with Crippen molar-refractivity contribution in [3.05, 3.63) is 24.5 Å². The van der Waals surface area contributed by atoms with Crippen LogP contribution in [0.1, 0.15) is 32.6 Å². The van der Waals surface area contributed by atoms with Crippen molar-refractivity contribution in [2.24, 2.45) is 5.92 Å². The van der Waals surface area contributed by atoms with E-state index < -0.39 is 17.5 Å². The van der Waals surface area contributed by atoms with E-state index in [0.717, 1.165) is 24.2 Å². The highest BCUT2D eigenvalue weighted by atomic mass is 16.2. The van der Waals surface area contributed by atoms with Gasteiger partial charge in [0.2, 0.25) is 5.91 Å². The summed E-state index contributed by atoms with van der Waals surface area (Å²) in [4.78, 5) is 42.0. The van der Waals surface area contributed by atoms with Crippen molar-refractivity contribution in [1.29, 1.82) is 0 Å². The minimum Gasteiger partial charge on any atom is -0.323 e. The summed E-state index contributed by atoms with van der Waals surface area (Å²) in [5.41, 5.74) is -0.297. The van der Waals surface area contributed by atoms with Crippen molar-refractivity contribution in [2.45, 2.75) is 38.1 Å². The predicted octanol–water partition coefficient (Wildman–Crippen LogP) is 1.52. The van der Waals surface area contributed by atoms with Gasteiger partial charge in [-0.2, -0.15) is 0 Å². The maximum atomic E-state index is 12.7. The molecule has 1 saturated carbocycles. The van der Waals surface area contributed by atoms with Gasteiger partial charge in [0, 0.05) is 6.20 Å². The summed E-state index contributed by atoms with van der Waals surface area (Å²) in [6.45, 7) is 1.70. The number of carbonyl (C=O) groups is 3. The van der Waals surface area contributed by atoms with Gasteiger partial charge in [-0.1, -0.05) is 19.8 Å². The molecule has 1 aromatic heterocycles. The first-order valence-electron chi connectivity index (χ1n) is 7.87. The Morgan fingerprint density at radius 1 is 1.48 bits per heavy atom. The van der Waals surface area contributed by atoms with Crippen molar-refractivity contribution in [1.82, 2.24) is 15.2 Å². The molecular weight excluding hydrogens is 296 g/mol. The van der Waals surface area contributed by atoms with Gasteiger partial charge in [-0.3, -0.25) is 19.5 Å². The lowest BCUT2D eigenvalue weighted by Crippen LogP contribution is -2.54. The van der Waals surface area contributed by atoms with Gasteiger partial charge < -0.3 is 10.6 Å². The summed E-state index contributed by atoms with van der Waals surface area (Å²) in [5, 5.41) is 5.47. The molecule has 1 saturated heterocycles. The van der Waals surface area contributed by atoms with E-state index in [1.165, 1.54) is 6.20 Å². The summed E-state index contributed by atoms with van der Waals surface area (Å²) in [7, 11) is 0. The minimum absolute atomic E-state index is 0.0825. The molecule has 0 unspecified atom stereocenters. The minimum atomic E-state index is -0.829. The number of imide groups is 1. The lowest BCUT2D eigenvalue weighted by atomic mass is 9.73. The highest BCUT2D eigenvalue weighted by Gasteiger charge is 2.55. The lowest BCUT2D eigenvalue weighted by Gasteiger charge is -2.36. The van der Waals surface area contributed by atoms with Gasteiger partial charge in [0.25, 0.3) is 5.91 Å². The van der Waals surface area contributed by atoms with Crippen LogP contribution < -0.4 is 10.6 Å². The average Bonchev–Trinajstić information content (AvgIpc) is 2.76. The van der Waals surface area contributed by atoms with E-state index in [2.05, 4.69) is 15.6 Å². The normalized spacial score (nSPS) is 27.2. The van der Waals surface area contributed by atoms with Crippen LogP contribution in [0.25, 0.3) is 0 Å². The number of hydrogen-bond acceptors (Lipinski definition) is 4. The SMILES string of the molecule is C[C@H]1CCCC[C@]12NC(=O)N(CC(=O)Nc1cccnc1)C2=O. The molecule has 2 atom stereocenters. The lowest BCUT2D eigenvalue weighted by molar-refractivity contribution is -0.136. The van der Waals surface area contributed by atoms with Gasteiger partial charge in [-0.05, 0) is 30.9 Å². The summed E-state index contributed by atoms with van der Waals surface area (Å²) in [5.74, 6) is -0.614. The second-order valence-electron chi connectivity index (χ2n) is 6.23. The largest absolute Gasteiger partial charge is 0.325 e. The Labute approximate surface area is 134 Å². The molecule has 1 aliphatic carbocycles. The maximum absolute atomic E-state index is 12.7. The molecular formula is C16H20N4O3. The zero-order valence-electron chi connectivity index (χ0n) is 13.0. The monoisotopic (exact) mass is 316 g/mol. The number of amides is 4. The highest BCUT2D eigenvalue weighted by molar-refractivity contribution is 6.10. The molecule has 0 radical (unpaired) electrons. The maximum Gasteiger partial charge on any atom is 0.325 e. The molecule has 23 heavy (non-hydrogen) atoms. The van der Waals surface area contributed by atoms with E-state index in [4.69, 9.17) is 0 Å². The number of anilines is 1. The van der Waals surface area contributed by atoms with Crippen LogP contribution in [-0.4, -0.2) is 39.8 Å². The number of carbonyl (C=O) groups excluding carboxylic acids is 3. The van der Waals surface area contributed by atoms with Gasteiger partial charge in [0.05, 0.1) is 11.9 Å². The Kier molecular flexibility index (Phi) is 4.02. The Morgan fingerprint density at radius 2 is 2.30 bits per heavy atom. The molecule has 2 N–H and O–H groups in total. The van der Waals surface area contributed by atoms with Crippen LogP contribution >= 0.6 is 0 Å². The molecule has 0 bridgehead atoms. The van der Waals surface area contributed by atoms with Crippen molar-refractivity contribution in [3.63, 3.8) is 0 Å². The fourth-order valence-electron chi connectivity index (χ4n) is 3.42. The molecule has 3 rings (SSSR count). The molecule has 2 fully saturated rings. The molecule has 7 heteroatoms. The molecule has 1 aromatic rings. The molecule has 1 spiro atoms. The van der Waals surface area contributed by atoms with Crippen LogP contribution in [0.4, 0.5) is 10.5 Å². The topological polar surface area (TPSA) is 91.4 Å². The Balaban J connectivity index is 1.69. The van der Waals surface area contributed by atoms with Gasteiger partial charge in [-0.15, -0.1) is 0 Å². The average molecular weight is 316 g/mol. The zero-order chi connectivity index (χ0) is 16.4. The molecule has 4 amide bonds. The van der Waals surface area contributed by atoms with Crippen molar-refractivity contribution < 1.29 is 14.4 Å². The van der Waals surface area contributed by atoms with E-state index >= 15 is 0 Å². The molecule has 1 aliphatic heterocycles. The summed E-state index contributed by atoms with van der Waals surface area (Å²) < 4.78 is 0.